The first kappa shape index (κ1) is 40.2. The number of carbonyl (C=O) groups excluding carboxylic acids is 6. The number of likely N-dealkylation sites (tertiary alicyclic amines) is 2. The van der Waals surface area contributed by atoms with Crippen molar-refractivity contribution in [2.24, 2.45) is 11.3 Å². The first-order chi connectivity index (χ1) is 23.1. The maximum atomic E-state index is 14.1. The summed E-state index contributed by atoms with van der Waals surface area (Å²) < 4.78 is 0. The number of rotatable bonds is 14. The molecule has 0 radical (unpaired) electrons. The summed E-state index contributed by atoms with van der Waals surface area (Å²) in [5.41, 5.74) is -0.589. The Kier molecular flexibility index (Phi) is 15.3. The normalized spacial score (nSPS) is 22.8. The van der Waals surface area contributed by atoms with Gasteiger partial charge in [0.2, 0.25) is 35.4 Å². The SMILES string of the molecule is CCCNC(=O)[C@@H](NC(=O)[C@@H]1CCCN1C(=O)[C@H](C)NC(=O)[C@@H]1CCCCN1C(=O)[C@@H](NC(=O)CCC1CCCCC1)C(C)(C)C)[C@@H](C)O. The number of nitrogens with zero attached hydrogens (tertiary/aromatic N) is 2. The van der Waals surface area contributed by atoms with Crippen molar-refractivity contribution < 1.29 is 33.9 Å². The molecule has 3 aliphatic rings. The van der Waals surface area contributed by atoms with Crippen LogP contribution in [0, 0.1) is 11.3 Å². The molecule has 278 valence electrons. The molecule has 0 spiro atoms. The zero-order valence-corrected chi connectivity index (χ0v) is 30.6. The molecule has 2 saturated heterocycles. The molecule has 5 N–H and O–H groups in total. The van der Waals surface area contributed by atoms with Gasteiger partial charge in [-0.05, 0) is 70.1 Å². The highest BCUT2D eigenvalue weighted by atomic mass is 16.3. The molecule has 2 aliphatic heterocycles. The second-order valence-corrected chi connectivity index (χ2v) is 15.4. The Morgan fingerprint density at radius 1 is 0.755 bits per heavy atom. The predicted octanol–water partition coefficient (Wildman–Crippen LogP) is 2.15. The van der Waals surface area contributed by atoms with Crippen molar-refractivity contribution in [1.29, 1.82) is 0 Å². The van der Waals surface area contributed by atoms with Crippen LogP contribution in [0.3, 0.4) is 0 Å². The Labute approximate surface area is 292 Å². The minimum absolute atomic E-state index is 0.151. The highest BCUT2D eigenvalue weighted by molar-refractivity contribution is 5.96. The summed E-state index contributed by atoms with van der Waals surface area (Å²) in [6.07, 6.45) is 9.54. The molecule has 0 bridgehead atoms. The summed E-state index contributed by atoms with van der Waals surface area (Å²) in [5.74, 6) is -1.84. The van der Waals surface area contributed by atoms with E-state index in [9.17, 15) is 33.9 Å². The number of piperidine rings is 1. The van der Waals surface area contributed by atoms with Crippen LogP contribution >= 0.6 is 0 Å². The van der Waals surface area contributed by atoms with Crippen molar-refractivity contribution in [2.75, 3.05) is 19.6 Å². The highest BCUT2D eigenvalue weighted by Gasteiger charge is 2.43. The van der Waals surface area contributed by atoms with E-state index >= 15 is 0 Å². The standard InChI is InChI=1S/C36H62N6O7/c1-7-20-37-33(47)29(24(3)43)40-32(46)27-17-13-22-41(27)34(48)23(2)38-31(45)26-16-11-12-21-42(26)35(49)30(36(4,5)6)39-28(44)19-18-25-14-9-8-10-15-25/h23-27,29-30,43H,7-22H2,1-6H3,(H,37,47)(H,38,45)(H,39,44)(H,40,46)/t23-,24+,26-,27-,29-,30+/m0/s1. The third-order valence-electron chi connectivity index (χ3n) is 10.2. The number of hydrogen-bond donors (Lipinski definition) is 5. The van der Waals surface area contributed by atoms with Crippen LogP contribution in [-0.4, -0.2) is 106 Å². The lowest BCUT2D eigenvalue weighted by atomic mass is 9.84. The van der Waals surface area contributed by atoms with Gasteiger partial charge in [0, 0.05) is 26.1 Å². The summed E-state index contributed by atoms with van der Waals surface area (Å²) in [6, 6.07) is -4.60. The number of amides is 6. The van der Waals surface area contributed by atoms with Crippen molar-refractivity contribution in [1.82, 2.24) is 31.1 Å². The molecule has 6 amide bonds. The van der Waals surface area contributed by atoms with Crippen molar-refractivity contribution in [3.63, 3.8) is 0 Å². The summed E-state index contributed by atoms with van der Waals surface area (Å²) in [7, 11) is 0. The molecule has 1 saturated carbocycles. The van der Waals surface area contributed by atoms with Gasteiger partial charge in [-0.15, -0.1) is 0 Å². The fraction of sp³-hybridized carbons (Fsp3) is 0.833. The Morgan fingerprint density at radius 3 is 1.94 bits per heavy atom. The Hall–Kier alpha value is -3.22. The number of nitrogens with one attached hydrogen (secondary N) is 4. The van der Waals surface area contributed by atoms with Crippen LogP contribution in [0.4, 0.5) is 0 Å². The highest BCUT2D eigenvalue weighted by Crippen LogP contribution is 2.29. The Balaban J connectivity index is 1.64. The van der Waals surface area contributed by atoms with Gasteiger partial charge >= 0.3 is 0 Å². The quantitative estimate of drug-likeness (QED) is 0.185. The van der Waals surface area contributed by atoms with E-state index in [1.165, 1.54) is 31.1 Å². The third-order valence-corrected chi connectivity index (χ3v) is 10.2. The minimum Gasteiger partial charge on any atom is -0.391 e. The van der Waals surface area contributed by atoms with Gasteiger partial charge in [0.15, 0.2) is 0 Å². The molecule has 0 aromatic rings. The molecule has 0 aromatic carbocycles. The van der Waals surface area contributed by atoms with E-state index in [1.807, 2.05) is 27.7 Å². The van der Waals surface area contributed by atoms with E-state index in [4.69, 9.17) is 0 Å². The molecule has 2 heterocycles. The maximum Gasteiger partial charge on any atom is 0.246 e. The van der Waals surface area contributed by atoms with Crippen molar-refractivity contribution in [2.45, 2.75) is 161 Å². The lowest BCUT2D eigenvalue weighted by molar-refractivity contribution is -0.148. The Bertz CT molecular complexity index is 1170. The summed E-state index contributed by atoms with van der Waals surface area (Å²) >= 11 is 0. The van der Waals surface area contributed by atoms with Crippen LogP contribution < -0.4 is 21.3 Å². The van der Waals surface area contributed by atoms with Gasteiger partial charge in [-0.2, -0.15) is 0 Å². The van der Waals surface area contributed by atoms with E-state index in [-0.39, 0.29) is 11.8 Å². The zero-order valence-electron chi connectivity index (χ0n) is 30.6. The fourth-order valence-electron chi connectivity index (χ4n) is 7.26. The van der Waals surface area contributed by atoms with Gasteiger partial charge in [0.25, 0.3) is 0 Å². The molecule has 6 atom stereocenters. The molecule has 3 fully saturated rings. The number of hydrogen-bond acceptors (Lipinski definition) is 7. The van der Waals surface area contributed by atoms with Crippen LogP contribution in [0.15, 0.2) is 0 Å². The molecule has 3 rings (SSSR count). The van der Waals surface area contributed by atoms with Gasteiger partial charge < -0.3 is 36.2 Å². The van der Waals surface area contributed by atoms with Crippen LogP contribution in [0.1, 0.15) is 125 Å². The lowest BCUT2D eigenvalue weighted by Crippen LogP contribution is -2.62. The molecule has 0 unspecified atom stereocenters. The van der Waals surface area contributed by atoms with Crippen LogP contribution in [0.25, 0.3) is 0 Å². The van der Waals surface area contributed by atoms with Gasteiger partial charge in [-0.3, -0.25) is 28.8 Å². The van der Waals surface area contributed by atoms with Crippen molar-refractivity contribution in [3.8, 4) is 0 Å². The molecule has 1 aliphatic carbocycles. The van der Waals surface area contributed by atoms with E-state index < -0.39 is 65.4 Å². The van der Waals surface area contributed by atoms with Crippen molar-refractivity contribution >= 4 is 35.4 Å². The predicted molar refractivity (Wildman–Crippen MR) is 186 cm³/mol. The van der Waals surface area contributed by atoms with Crippen LogP contribution in [0.5, 0.6) is 0 Å². The number of aliphatic hydroxyl groups is 1. The Morgan fingerprint density at radius 2 is 1.33 bits per heavy atom. The lowest BCUT2D eigenvalue weighted by Gasteiger charge is -2.40. The van der Waals surface area contributed by atoms with Crippen LogP contribution in [-0.2, 0) is 28.8 Å². The van der Waals surface area contributed by atoms with Gasteiger partial charge in [-0.1, -0.05) is 59.8 Å². The minimum atomic E-state index is -1.16. The largest absolute Gasteiger partial charge is 0.391 e. The summed E-state index contributed by atoms with van der Waals surface area (Å²) in [5, 5.41) is 21.2. The van der Waals surface area contributed by atoms with Gasteiger partial charge in [0.1, 0.15) is 30.2 Å². The van der Waals surface area contributed by atoms with Gasteiger partial charge in [-0.25, -0.2) is 0 Å². The van der Waals surface area contributed by atoms with Gasteiger partial charge in [0.05, 0.1) is 6.10 Å². The number of carbonyl (C=O) groups is 6. The van der Waals surface area contributed by atoms with Crippen LogP contribution in [0.2, 0.25) is 0 Å². The zero-order chi connectivity index (χ0) is 36.3. The molecule has 13 nitrogen and oxygen atoms in total. The molecular weight excluding hydrogens is 628 g/mol. The first-order valence-corrected chi connectivity index (χ1v) is 18.6. The second kappa shape index (κ2) is 18.7. The van der Waals surface area contributed by atoms with E-state index in [0.717, 1.165) is 32.1 Å². The third kappa shape index (κ3) is 11.4. The molecule has 0 aromatic heterocycles. The molecule has 49 heavy (non-hydrogen) atoms. The average Bonchev–Trinajstić information content (AvgIpc) is 3.57. The van der Waals surface area contributed by atoms with E-state index in [0.29, 0.717) is 57.7 Å². The number of aliphatic hydroxyl groups excluding tert-OH is 1. The summed E-state index contributed by atoms with van der Waals surface area (Å²) in [4.78, 5) is 83.2. The summed E-state index contributed by atoms with van der Waals surface area (Å²) in [6.45, 7) is 11.7. The smallest absolute Gasteiger partial charge is 0.246 e. The maximum absolute atomic E-state index is 14.1. The average molecular weight is 691 g/mol. The van der Waals surface area contributed by atoms with Crippen molar-refractivity contribution in [3.05, 3.63) is 0 Å². The van der Waals surface area contributed by atoms with E-state index in [1.54, 1.807) is 11.8 Å². The second-order valence-electron chi connectivity index (χ2n) is 15.4. The fourth-order valence-corrected chi connectivity index (χ4v) is 7.26. The molecule has 13 heteroatoms. The molecular formula is C36H62N6O7. The topological polar surface area (TPSA) is 177 Å². The van der Waals surface area contributed by atoms with E-state index in [2.05, 4.69) is 21.3 Å². The monoisotopic (exact) mass is 690 g/mol. The first-order valence-electron chi connectivity index (χ1n) is 18.6.